The molecule has 2 amide bonds. The Morgan fingerprint density at radius 2 is 1.59 bits per heavy atom. The standard InChI is InChI=1S/C22H35NO9/c1-10-22(9)29-15-12-27-11-14(17(24)28-13(2)16(15)30-22)23(18(25)31-20(3,4)5)19(26)32-21(6,7)8/h10,13-16H,1,11-12H2,2-9H3/t13-,14-,15-,16-,22?/m0/s1. The normalized spacial score (nSPS) is 31.3. The molecule has 2 heterocycles. The maximum atomic E-state index is 13.1. The molecule has 0 aromatic rings. The van der Waals surface area contributed by atoms with Crippen molar-refractivity contribution in [1.29, 1.82) is 0 Å². The highest BCUT2D eigenvalue weighted by Gasteiger charge is 2.49. The van der Waals surface area contributed by atoms with Gasteiger partial charge in [-0.3, -0.25) is 0 Å². The molecular formula is C22H35NO9. The Labute approximate surface area is 189 Å². The molecule has 5 atom stereocenters. The summed E-state index contributed by atoms with van der Waals surface area (Å²) in [5, 5.41) is 0. The molecule has 2 aliphatic heterocycles. The van der Waals surface area contributed by atoms with Crippen molar-refractivity contribution >= 4 is 18.2 Å². The molecule has 0 N–H and O–H groups in total. The third-order valence-corrected chi connectivity index (χ3v) is 4.58. The zero-order valence-corrected chi connectivity index (χ0v) is 20.1. The van der Waals surface area contributed by atoms with E-state index in [1.54, 1.807) is 55.4 Å². The Kier molecular flexibility index (Phi) is 7.63. The zero-order chi connectivity index (χ0) is 24.5. The lowest BCUT2D eigenvalue weighted by Gasteiger charge is -2.32. The average Bonchev–Trinajstić information content (AvgIpc) is 2.96. The number of carbonyl (C=O) groups excluding carboxylic acids is 3. The fraction of sp³-hybridized carbons (Fsp3) is 0.773. The molecule has 2 saturated heterocycles. The van der Waals surface area contributed by atoms with E-state index in [1.165, 1.54) is 6.08 Å². The van der Waals surface area contributed by atoms with Crippen LogP contribution in [0.3, 0.4) is 0 Å². The third-order valence-electron chi connectivity index (χ3n) is 4.58. The molecule has 0 aromatic carbocycles. The number of carbonyl (C=O) groups is 3. The van der Waals surface area contributed by atoms with E-state index in [9.17, 15) is 14.4 Å². The molecule has 2 fully saturated rings. The first-order valence-corrected chi connectivity index (χ1v) is 10.6. The van der Waals surface area contributed by atoms with E-state index in [2.05, 4.69) is 6.58 Å². The van der Waals surface area contributed by atoms with Gasteiger partial charge < -0.3 is 28.4 Å². The molecule has 0 aliphatic carbocycles. The van der Waals surface area contributed by atoms with Crippen LogP contribution in [0.2, 0.25) is 0 Å². The van der Waals surface area contributed by atoms with Gasteiger partial charge in [0.1, 0.15) is 29.5 Å². The number of nitrogens with zero attached hydrogens (tertiary/aromatic N) is 1. The van der Waals surface area contributed by atoms with Gasteiger partial charge in [0.2, 0.25) is 0 Å². The summed E-state index contributed by atoms with van der Waals surface area (Å²) in [5.74, 6) is -1.90. The second-order valence-electron chi connectivity index (χ2n) is 9.98. The summed E-state index contributed by atoms with van der Waals surface area (Å²) in [6.07, 6.45) is -2.51. The smallest absolute Gasteiger partial charge is 0.420 e. The predicted octanol–water partition coefficient (Wildman–Crippen LogP) is 3.18. The van der Waals surface area contributed by atoms with Gasteiger partial charge >= 0.3 is 18.2 Å². The first-order valence-electron chi connectivity index (χ1n) is 10.6. The van der Waals surface area contributed by atoms with E-state index in [1.807, 2.05) is 0 Å². The van der Waals surface area contributed by atoms with Gasteiger partial charge in [-0.15, -0.1) is 0 Å². The van der Waals surface area contributed by atoms with E-state index in [4.69, 9.17) is 28.4 Å². The van der Waals surface area contributed by atoms with Crippen LogP contribution >= 0.6 is 0 Å². The molecule has 2 rings (SSSR count). The lowest BCUT2D eigenvalue weighted by molar-refractivity contribution is -0.169. The van der Waals surface area contributed by atoms with Gasteiger partial charge in [-0.1, -0.05) is 6.58 Å². The van der Waals surface area contributed by atoms with Gasteiger partial charge in [0.15, 0.2) is 11.8 Å². The lowest BCUT2D eigenvalue weighted by atomic mass is 10.1. The molecule has 2 aliphatic rings. The summed E-state index contributed by atoms with van der Waals surface area (Å²) in [5.41, 5.74) is -1.83. The van der Waals surface area contributed by atoms with Gasteiger partial charge in [-0.05, 0) is 61.5 Å². The fourth-order valence-electron chi connectivity index (χ4n) is 3.19. The van der Waals surface area contributed by atoms with E-state index < -0.39 is 59.5 Å². The first kappa shape index (κ1) is 26.1. The Balaban J connectivity index is 2.31. The molecule has 32 heavy (non-hydrogen) atoms. The Morgan fingerprint density at radius 3 is 2.06 bits per heavy atom. The fourth-order valence-corrected chi connectivity index (χ4v) is 3.19. The molecule has 10 heteroatoms. The van der Waals surface area contributed by atoms with Crippen LogP contribution in [0.1, 0.15) is 55.4 Å². The largest absolute Gasteiger partial charge is 0.458 e. The summed E-state index contributed by atoms with van der Waals surface area (Å²) in [6, 6.07) is -1.42. The first-order chi connectivity index (χ1) is 14.6. The topological polar surface area (TPSA) is 110 Å². The van der Waals surface area contributed by atoms with Crippen molar-refractivity contribution in [2.75, 3.05) is 13.2 Å². The summed E-state index contributed by atoms with van der Waals surface area (Å²) in [4.78, 5) is 39.4. The number of fused-ring (bicyclic) bond motifs is 1. The second-order valence-corrected chi connectivity index (χ2v) is 9.98. The minimum Gasteiger partial charge on any atom is -0.458 e. The highest BCUT2D eigenvalue weighted by Crippen LogP contribution is 2.33. The number of ether oxygens (including phenoxy) is 6. The van der Waals surface area contributed by atoms with Crippen molar-refractivity contribution in [2.24, 2.45) is 0 Å². The van der Waals surface area contributed by atoms with Crippen LogP contribution in [0.5, 0.6) is 0 Å². The van der Waals surface area contributed by atoms with Gasteiger partial charge in [-0.2, -0.15) is 4.90 Å². The van der Waals surface area contributed by atoms with Crippen LogP contribution in [-0.2, 0) is 33.2 Å². The number of hydrogen-bond acceptors (Lipinski definition) is 9. The van der Waals surface area contributed by atoms with Crippen molar-refractivity contribution in [3.05, 3.63) is 12.7 Å². The second kappa shape index (κ2) is 9.36. The van der Waals surface area contributed by atoms with Crippen LogP contribution in [0.15, 0.2) is 12.7 Å². The number of cyclic esters (lactones) is 1. The van der Waals surface area contributed by atoms with Crippen LogP contribution in [-0.4, -0.2) is 77.6 Å². The quantitative estimate of drug-likeness (QED) is 0.351. The molecule has 0 spiro atoms. The highest BCUT2D eigenvalue weighted by molar-refractivity contribution is 5.94. The zero-order valence-electron chi connectivity index (χ0n) is 20.1. The van der Waals surface area contributed by atoms with Gasteiger partial charge in [0.25, 0.3) is 0 Å². The molecule has 0 bridgehead atoms. The number of hydrogen-bond donors (Lipinski definition) is 0. The van der Waals surface area contributed by atoms with Crippen LogP contribution < -0.4 is 0 Å². The van der Waals surface area contributed by atoms with Crippen LogP contribution in [0, 0.1) is 0 Å². The number of esters is 1. The van der Waals surface area contributed by atoms with Crippen molar-refractivity contribution < 1.29 is 42.8 Å². The Hall–Kier alpha value is -2.17. The number of imide groups is 1. The lowest BCUT2D eigenvalue weighted by Crippen LogP contribution is -2.54. The molecule has 1 unspecified atom stereocenters. The minimum absolute atomic E-state index is 0.0437. The highest BCUT2D eigenvalue weighted by atomic mass is 16.8. The van der Waals surface area contributed by atoms with Crippen molar-refractivity contribution in [2.45, 2.75) is 96.7 Å². The van der Waals surface area contributed by atoms with Gasteiger partial charge in [0.05, 0.1) is 13.2 Å². The van der Waals surface area contributed by atoms with E-state index in [0.717, 1.165) is 0 Å². The SMILES string of the molecule is C=CC1(C)O[C@H]2[C@H](C)OC(=O)[C@@H](N(C(=O)OC(C)(C)C)C(=O)OC(C)(C)C)COC[C@@H]2O1. The van der Waals surface area contributed by atoms with E-state index >= 15 is 0 Å². The summed E-state index contributed by atoms with van der Waals surface area (Å²) in [6.45, 7) is 16.6. The molecular weight excluding hydrogens is 422 g/mol. The van der Waals surface area contributed by atoms with Crippen molar-refractivity contribution in [3.8, 4) is 0 Å². The molecule has 0 aromatic heterocycles. The summed E-state index contributed by atoms with van der Waals surface area (Å²) >= 11 is 0. The predicted molar refractivity (Wildman–Crippen MR) is 113 cm³/mol. The number of rotatable bonds is 2. The van der Waals surface area contributed by atoms with Crippen LogP contribution in [0.4, 0.5) is 9.59 Å². The molecule has 182 valence electrons. The van der Waals surface area contributed by atoms with E-state index in [-0.39, 0.29) is 13.2 Å². The van der Waals surface area contributed by atoms with Crippen molar-refractivity contribution in [1.82, 2.24) is 4.90 Å². The van der Waals surface area contributed by atoms with Gasteiger partial charge in [-0.25, -0.2) is 14.4 Å². The maximum absolute atomic E-state index is 13.1. The number of amides is 2. The maximum Gasteiger partial charge on any atom is 0.420 e. The molecule has 0 saturated carbocycles. The van der Waals surface area contributed by atoms with E-state index in [0.29, 0.717) is 4.90 Å². The average molecular weight is 458 g/mol. The molecule has 10 nitrogen and oxygen atoms in total. The van der Waals surface area contributed by atoms with Crippen molar-refractivity contribution in [3.63, 3.8) is 0 Å². The monoisotopic (exact) mass is 457 g/mol. The molecule has 0 radical (unpaired) electrons. The third kappa shape index (κ3) is 6.66. The summed E-state index contributed by atoms with van der Waals surface area (Å²) in [7, 11) is 0. The van der Waals surface area contributed by atoms with Crippen LogP contribution in [0.25, 0.3) is 0 Å². The summed E-state index contributed by atoms with van der Waals surface area (Å²) < 4.78 is 33.7. The Bertz CT molecular complexity index is 711. The minimum atomic E-state index is -1.42. The Morgan fingerprint density at radius 1 is 1.06 bits per heavy atom. The van der Waals surface area contributed by atoms with Gasteiger partial charge in [0, 0.05) is 0 Å².